The summed E-state index contributed by atoms with van der Waals surface area (Å²) in [4.78, 5) is 14.7. The molecule has 2 aromatic rings. The van der Waals surface area contributed by atoms with Gasteiger partial charge in [-0.25, -0.2) is 4.98 Å². The number of aromatic nitrogens is 2. The summed E-state index contributed by atoms with van der Waals surface area (Å²) in [5, 5.41) is 8.58. The molecule has 1 heterocycles. The summed E-state index contributed by atoms with van der Waals surface area (Å²) in [6.45, 7) is 0.428. The highest BCUT2D eigenvalue weighted by atomic mass is 16.4. The lowest BCUT2D eigenvalue weighted by atomic mass is 10.1. The van der Waals surface area contributed by atoms with E-state index in [0.717, 1.165) is 11.3 Å². The Morgan fingerprint density at radius 3 is 2.71 bits per heavy atom. The number of carboxylic acids is 1. The molecular weight excluding hydrogens is 218 g/mol. The number of aryl methyl sites for hydroxylation is 1. The molecule has 0 radical (unpaired) electrons. The standard InChI is InChI=1S/C12H13N3O2/c13-10-3-1-9(2-4-10)11-7-15(8-14-11)6-5-12(16)17/h1-4,7-8H,5-6,13H2,(H,16,17). The first-order chi connectivity index (χ1) is 8.15. The fourth-order valence-corrected chi connectivity index (χ4v) is 1.51. The van der Waals surface area contributed by atoms with Crippen molar-refractivity contribution in [3.8, 4) is 11.3 Å². The van der Waals surface area contributed by atoms with Crippen LogP contribution in [0.4, 0.5) is 5.69 Å². The van der Waals surface area contributed by atoms with Crippen LogP contribution in [-0.4, -0.2) is 20.6 Å². The second-order valence-corrected chi connectivity index (χ2v) is 3.76. The highest BCUT2D eigenvalue weighted by molar-refractivity contribution is 5.66. The van der Waals surface area contributed by atoms with Crippen molar-refractivity contribution in [1.29, 1.82) is 0 Å². The maximum atomic E-state index is 10.4. The zero-order valence-electron chi connectivity index (χ0n) is 9.21. The number of rotatable bonds is 4. The fraction of sp³-hybridized carbons (Fsp3) is 0.167. The molecule has 0 aliphatic carbocycles. The number of nitrogen functional groups attached to an aromatic ring is 1. The second-order valence-electron chi connectivity index (χ2n) is 3.76. The summed E-state index contributed by atoms with van der Waals surface area (Å²) in [6, 6.07) is 7.40. The smallest absolute Gasteiger partial charge is 0.305 e. The number of carbonyl (C=O) groups is 1. The molecule has 0 bridgehead atoms. The van der Waals surface area contributed by atoms with Gasteiger partial charge in [0.05, 0.1) is 18.4 Å². The first-order valence-electron chi connectivity index (χ1n) is 5.24. The fourth-order valence-electron chi connectivity index (χ4n) is 1.51. The maximum Gasteiger partial charge on any atom is 0.305 e. The number of hydrogen-bond acceptors (Lipinski definition) is 3. The number of benzene rings is 1. The van der Waals surface area contributed by atoms with Gasteiger partial charge in [-0.15, -0.1) is 0 Å². The zero-order valence-corrected chi connectivity index (χ0v) is 9.21. The van der Waals surface area contributed by atoms with Crippen molar-refractivity contribution in [2.45, 2.75) is 13.0 Å². The number of carboxylic acid groups (broad SMARTS) is 1. The summed E-state index contributed by atoms with van der Waals surface area (Å²) in [5.41, 5.74) is 8.09. The molecule has 0 unspecified atom stereocenters. The Morgan fingerprint density at radius 2 is 2.06 bits per heavy atom. The van der Waals surface area contributed by atoms with Gasteiger partial charge in [-0.05, 0) is 12.1 Å². The molecule has 0 saturated heterocycles. The van der Waals surface area contributed by atoms with E-state index in [0.29, 0.717) is 12.2 Å². The molecule has 17 heavy (non-hydrogen) atoms. The molecule has 1 aromatic carbocycles. The molecule has 0 spiro atoms. The Kier molecular flexibility index (Phi) is 3.09. The van der Waals surface area contributed by atoms with Gasteiger partial charge in [0.2, 0.25) is 0 Å². The molecule has 3 N–H and O–H groups in total. The molecule has 0 atom stereocenters. The van der Waals surface area contributed by atoms with Gasteiger partial charge in [0.25, 0.3) is 0 Å². The highest BCUT2D eigenvalue weighted by Gasteiger charge is 2.03. The Labute approximate surface area is 98.5 Å². The summed E-state index contributed by atoms with van der Waals surface area (Å²) in [7, 11) is 0. The van der Waals surface area contributed by atoms with E-state index < -0.39 is 5.97 Å². The quantitative estimate of drug-likeness (QED) is 0.783. The Morgan fingerprint density at radius 1 is 1.35 bits per heavy atom. The number of hydrogen-bond donors (Lipinski definition) is 2. The molecule has 1 aromatic heterocycles. The summed E-state index contributed by atoms with van der Waals surface area (Å²) < 4.78 is 1.76. The molecule has 0 fully saturated rings. The predicted molar refractivity (Wildman–Crippen MR) is 64.3 cm³/mol. The molecule has 5 heteroatoms. The van der Waals surface area contributed by atoms with E-state index >= 15 is 0 Å². The van der Waals surface area contributed by atoms with E-state index in [1.807, 2.05) is 30.5 Å². The number of nitrogens with zero attached hydrogens (tertiary/aromatic N) is 2. The Hall–Kier alpha value is -2.30. The van der Waals surface area contributed by atoms with Crippen LogP contribution in [0.5, 0.6) is 0 Å². The van der Waals surface area contributed by atoms with E-state index in [4.69, 9.17) is 10.8 Å². The van der Waals surface area contributed by atoms with Crippen molar-refractivity contribution in [3.63, 3.8) is 0 Å². The van der Waals surface area contributed by atoms with E-state index in [1.54, 1.807) is 10.9 Å². The molecule has 0 amide bonds. The lowest BCUT2D eigenvalue weighted by molar-refractivity contribution is -0.137. The largest absolute Gasteiger partial charge is 0.481 e. The van der Waals surface area contributed by atoms with E-state index in [1.165, 1.54) is 0 Å². The van der Waals surface area contributed by atoms with Gasteiger partial charge in [0.1, 0.15) is 0 Å². The van der Waals surface area contributed by atoms with Gasteiger partial charge < -0.3 is 15.4 Å². The SMILES string of the molecule is Nc1ccc(-c2cn(CCC(=O)O)cn2)cc1. The van der Waals surface area contributed by atoms with Gasteiger partial charge in [-0.1, -0.05) is 12.1 Å². The number of anilines is 1. The average Bonchev–Trinajstić information content (AvgIpc) is 2.76. The van der Waals surface area contributed by atoms with Gasteiger partial charge in [-0.3, -0.25) is 4.79 Å². The third-order valence-electron chi connectivity index (χ3n) is 2.42. The van der Waals surface area contributed by atoms with Gasteiger partial charge in [0, 0.05) is 24.0 Å². The normalized spacial score (nSPS) is 10.4. The zero-order chi connectivity index (χ0) is 12.3. The van der Waals surface area contributed by atoms with Crippen LogP contribution in [0.3, 0.4) is 0 Å². The molecule has 0 aliphatic rings. The van der Waals surface area contributed by atoms with Crippen molar-refractivity contribution >= 4 is 11.7 Å². The maximum absolute atomic E-state index is 10.4. The van der Waals surface area contributed by atoms with Crippen molar-refractivity contribution < 1.29 is 9.90 Å². The summed E-state index contributed by atoms with van der Waals surface area (Å²) in [5.74, 6) is -0.812. The average molecular weight is 231 g/mol. The van der Waals surface area contributed by atoms with E-state index in [9.17, 15) is 4.79 Å². The summed E-state index contributed by atoms with van der Waals surface area (Å²) >= 11 is 0. The minimum Gasteiger partial charge on any atom is -0.481 e. The molecule has 0 aliphatic heterocycles. The van der Waals surface area contributed by atoms with Crippen LogP contribution < -0.4 is 5.73 Å². The monoisotopic (exact) mass is 231 g/mol. The topological polar surface area (TPSA) is 81.1 Å². The molecule has 88 valence electrons. The number of aliphatic carboxylic acids is 1. The predicted octanol–water partition coefficient (Wildman–Crippen LogP) is 1.61. The first kappa shape index (κ1) is 11.2. The van der Waals surface area contributed by atoms with Gasteiger partial charge in [-0.2, -0.15) is 0 Å². The molecule has 2 rings (SSSR count). The van der Waals surface area contributed by atoms with Crippen LogP contribution in [-0.2, 0) is 11.3 Å². The van der Waals surface area contributed by atoms with Crippen molar-refractivity contribution in [2.24, 2.45) is 0 Å². The van der Waals surface area contributed by atoms with Crippen LogP contribution in [0.1, 0.15) is 6.42 Å². The molecular formula is C12H13N3O2. The highest BCUT2D eigenvalue weighted by Crippen LogP contribution is 2.18. The van der Waals surface area contributed by atoms with E-state index in [2.05, 4.69) is 4.98 Å². The van der Waals surface area contributed by atoms with Crippen LogP contribution in [0, 0.1) is 0 Å². The Bertz CT molecular complexity index is 517. The third-order valence-corrected chi connectivity index (χ3v) is 2.42. The molecule has 0 saturated carbocycles. The van der Waals surface area contributed by atoms with Crippen molar-refractivity contribution in [2.75, 3.05) is 5.73 Å². The lowest BCUT2D eigenvalue weighted by Gasteiger charge is -1.98. The minimum atomic E-state index is -0.812. The second kappa shape index (κ2) is 4.69. The van der Waals surface area contributed by atoms with Gasteiger partial charge in [0.15, 0.2) is 0 Å². The van der Waals surface area contributed by atoms with Crippen LogP contribution in [0.25, 0.3) is 11.3 Å². The summed E-state index contributed by atoms with van der Waals surface area (Å²) in [6.07, 6.45) is 3.56. The Balaban J connectivity index is 2.12. The number of imidazole rings is 1. The first-order valence-corrected chi connectivity index (χ1v) is 5.24. The van der Waals surface area contributed by atoms with Crippen LogP contribution >= 0.6 is 0 Å². The van der Waals surface area contributed by atoms with Crippen LogP contribution in [0.2, 0.25) is 0 Å². The van der Waals surface area contributed by atoms with Gasteiger partial charge >= 0.3 is 5.97 Å². The third kappa shape index (κ3) is 2.84. The van der Waals surface area contributed by atoms with Crippen molar-refractivity contribution in [1.82, 2.24) is 9.55 Å². The van der Waals surface area contributed by atoms with Crippen molar-refractivity contribution in [3.05, 3.63) is 36.8 Å². The number of nitrogens with two attached hydrogens (primary N) is 1. The van der Waals surface area contributed by atoms with E-state index in [-0.39, 0.29) is 6.42 Å². The van der Waals surface area contributed by atoms with Crippen LogP contribution in [0.15, 0.2) is 36.8 Å². The molecule has 5 nitrogen and oxygen atoms in total. The lowest BCUT2D eigenvalue weighted by Crippen LogP contribution is -2.02. The minimum absolute atomic E-state index is 0.0948.